The standard InChI is InChI=1S/C15H22BrN3O/c16-13-1-2-14(18-11-13)15(12-3-9-20-10-4-12)19-7-5-17-6-8-19/h1-2,11-12,15,17H,3-10H2/t15-/m1/s1. The first kappa shape index (κ1) is 14.4. The Kier molecular flexibility index (Phi) is 5.04. The van der Waals surface area contributed by atoms with Crippen LogP contribution in [0.25, 0.3) is 0 Å². The molecule has 3 rings (SSSR count). The van der Waals surface area contributed by atoms with E-state index in [-0.39, 0.29) is 0 Å². The van der Waals surface area contributed by atoms with Crippen molar-refractivity contribution in [3.8, 4) is 0 Å². The molecule has 2 saturated heterocycles. The highest BCUT2D eigenvalue weighted by Gasteiger charge is 2.31. The highest BCUT2D eigenvalue weighted by atomic mass is 79.9. The molecule has 20 heavy (non-hydrogen) atoms. The van der Waals surface area contributed by atoms with E-state index in [1.807, 2.05) is 6.20 Å². The van der Waals surface area contributed by atoms with E-state index in [4.69, 9.17) is 4.74 Å². The van der Waals surface area contributed by atoms with Crippen molar-refractivity contribution in [1.29, 1.82) is 0 Å². The second-order valence-corrected chi connectivity index (χ2v) is 6.50. The number of halogens is 1. The first-order valence-corrected chi connectivity index (χ1v) is 8.28. The van der Waals surface area contributed by atoms with Crippen molar-refractivity contribution in [1.82, 2.24) is 15.2 Å². The number of piperazine rings is 1. The van der Waals surface area contributed by atoms with Crippen LogP contribution in [0.4, 0.5) is 0 Å². The molecule has 4 nitrogen and oxygen atoms in total. The predicted molar refractivity (Wildman–Crippen MR) is 82.7 cm³/mol. The number of pyridine rings is 1. The molecule has 0 aliphatic carbocycles. The van der Waals surface area contributed by atoms with E-state index in [1.165, 1.54) is 5.69 Å². The van der Waals surface area contributed by atoms with Gasteiger partial charge in [0.25, 0.3) is 0 Å². The van der Waals surface area contributed by atoms with Gasteiger partial charge in [-0.25, -0.2) is 0 Å². The van der Waals surface area contributed by atoms with Crippen LogP contribution in [0, 0.1) is 5.92 Å². The first-order chi connectivity index (χ1) is 9.84. The fourth-order valence-corrected chi connectivity index (χ4v) is 3.52. The van der Waals surface area contributed by atoms with Gasteiger partial charge in [-0.05, 0) is 46.8 Å². The normalized spacial score (nSPS) is 23.6. The molecule has 1 atom stereocenters. The summed E-state index contributed by atoms with van der Waals surface area (Å²) in [6.45, 7) is 6.17. The van der Waals surface area contributed by atoms with Crippen LogP contribution >= 0.6 is 15.9 Å². The number of hydrogen-bond acceptors (Lipinski definition) is 4. The van der Waals surface area contributed by atoms with Gasteiger partial charge in [0.05, 0.1) is 11.7 Å². The summed E-state index contributed by atoms with van der Waals surface area (Å²) in [7, 11) is 0. The van der Waals surface area contributed by atoms with Crippen molar-refractivity contribution in [2.24, 2.45) is 5.92 Å². The fraction of sp³-hybridized carbons (Fsp3) is 0.667. The molecule has 2 aliphatic heterocycles. The van der Waals surface area contributed by atoms with E-state index < -0.39 is 0 Å². The van der Waals surface area contributed by atoms with Crippen LogP contribution in [-0.4, -0.2) is 49.3 Å². The maximum absolute atomic E-state index is 5.53. The van der Waals surface area contributed by atoms with E-state index >= 15 is 0 Å². The van der Waals surface area contributed by atoms with Gasteiger partial charge in [-0.1, -0.05) is 0 Å². The van der Waals surface area contributed by atoms with Gasteiger partial charge in [-0.15, -0.1) is 0 Å². The number of aromatic nitrogens is 1. The summed E-state index contributed by atoms with van der Waals surface area (Å²) in [5, 5.41) is 3.44. The van der Waals surface area contributed by atoms with E-state index in [0.29, 0.717) is 12.0 Å². The Labute approximate surface area is 129 Å². The van der Waals surface area contributed by atoms with Crippen LogP contribution in [0.5, 0.6) is 0 Å². The number of nitrogens with one attached hydrogen (secondary N) is 1. The van der Waals surface area contributed by atoms with Crippen LogP contribution < -0.4 is 5.32 Å². The van der Waals surface area contributed by atoms with Crippen molar-refractivity contribution in [2.45, 2.75) is 18.9 Å². The van der Waals surface area contributed by atoms with Gasteiger partial charge in [0.1, 0.15) is 0 Å². The summed E-state index contributed by atoms with van der Waals surface area (Å²) in [6, 6.07) is 4.72. The van der Waals surface area contributed by atoms with Gasteiger partial charge < -0.3 is 10.1 Å². The molecule has 2 aliphatic rings. The van der Waals surface area contributed by atoms with Gasteiger partial charge >= 0.3 is 0 Å². The van der Waals surface area contributed by atoms with Crippen LogP contribution in [0.15, 0.2) is 22.8 Å². The summed E-state index contributed by atoms with van der Waals surface area (Å²) in [6.07, 6.45) is 4.21. The van der Waals surface area contributed by atoms with Gasteiger partial charge in [0, 0.05) is 50.1 Å². The van der Waals surface area contributed by atoms with Crippen molar-refractivity contribution >= 4 is 15.9 Å². The molecule has 0 aromatic carbocycles. The van der Waals surface area contributed by atoms with Crippen LogP contribution in [0.1, 0.15) is 24.6 Å². The number of nitrogens with zero attached hydrogens (tertiary/aromatic N) is 2. The van der Waals surface area contributed by atoms with Crippen LogP contribution in [0.3, 0.4) is 0 Å². The highest BCUT2D eigenvalue weighted by molar-refractivity contribution is 9.10. The molecule has 1 N–H and O–H groups in total. The molecule has 0 bridgehead atoms. The maximum Gasteiger partial charge on any atom is 0.0579 e. The minimum Gasteiger partial charge on any atom is -0.381 e. The molecule has 1 aromatic heterocycles. The zero-order chi connectivity index (χ0) is 13.8. The average molecular weight is 340 g/mol. The molecular weight excluding hydrogens is 318 g/mol. The lowest BCUT2D eigenvalue weighted by Crippen LogP contribution is -2.47. The fourth-order valence-electron chi connectivity index (χ4n) is 3.28. The van der Waals surface area contributed by atoms with Crippen LogP contribution in [-0.2, 0) is 4.74 Å². The van der Waals surface area contributed by atoms with Crippen molar-refractivity contribution < 1.29 is 4.74 Å². The molecule has 0 saturated carbocycles. The molecular formula is C15H22BrN3O. The third-order valence-electron chi connectivity index (χ3n) is 4.31. The molecule has 3 heterocycles. The monoisotopic (exact) mass is 339 g/mol. The molecule has 0 radical (unpaired) electrons. The lowest BCUT2D eigenvalue weighted by molar-refractivity contribution is 0.0201. The van der Waals surface area contributed by atoms with Gasteiger partial charge in [0.15, 0.2) is 0 Å². The Hall–Kier alpha value is -0.490. The minimum absolute atomic E-state index is 0.439. The Bertz CT molecular complexity index is 396. The van der Waals surface area contributed by atoms with E-state index in [0.717, 1.165) is 56.7 Å². The Balaban J connectivity index is 1.83. The smallest absolute Gasteiger partial charge is 0.0579 e. The lowest BCUT2D eigenvalue weighted by atomic mass is 9.88. The third kappa shape index (κ3) is 3.39. The molecule has 0 unspecified atom stereocenters. The molecule has 2 fully saturated rings. The topological polar surface area (TPSA) is 37.4 Å². The van der Waals surface area contributed by atoms with Gasteiger partial charge in [0.2, 0.25) is 0 Å². The zero-order valence-electron chi connectivity index (χ0n) is 11.7. The molecule has 110 valence electrons. The summed E-state index contributed by atoms with van der Waals surface area (Å²) >= 11 is 3.48. The molecule has 1 aromatic rings. The van der Waals surface area contributed by atoms with Crippen molar-refractivity contribution in [2.75, 3.05) is 39.4 Å². The summed E-state index contributed by atoms with van der Waals surface area (Å²) in [5.74, 6) is 0.663. The molecule has 0 amide bonds. The largest absolute Gasteiger partial charge is 0.381 e. The van der Waals surface area contributed by atoms with E-state index in [2.05, 4.69) is 43.3 Å². The summed E-state index contributed by atoms with van der Waals surface area (Å²) in [5.41, 5.74) is 1.21. The third-order valence-corrected chi connectivity index (χ3v) is 4.78. The molecule has 0 spiro atoms. The lowest BCUT2D eigenvalue weighted by Gasteiger charge is -2.40. The average Bonchev–Trinajstić information content (AvgIpc) is 2.52. The second kappa shape index (κ2) is 6.98. The maximum atomic E-state index is 5.53. The highest BCUT2D eigenvalue weighted by Crippen LogP contribution is 2.34. The van der Waals surface area contributed by atoms with Gasteiger partial charge in [-0.3, -0.25) is 9.88 Å². The van der Waals surface area contributed by atoms with Crippen LogP contribution in [0.2, 0.25) is 0 Å². The summed E-state index contributed by atoms with van der Waals surface area (Å²) in [4.78, 5) is 7.28. The zero-order valence-corrected chi connectivity index (χ0v) is 13.3. The SMILES string of the molecule is Brc1ccc([C@@H](C2CCOCC2)N2CCNCC2)nc1. The molecule has 5 heteroatoms. The van der Waals surface area contributed by atoms with E-state index in [9.17, 15) is 0 Å². The Morgan fingerprint density at radius 1 is 1.25 bits per heavy atom. The Morgan fingerprint density at radius 3 is 2.65 bits per heavy atom. The number of ether oxygens (including phenoxy) is 1. The predicted octanol–water partition coefficient (Wildman–Crippen LogP) is 2.22. The summed E-state index contributed by atoms with van der Waals surface area (Å²) < 4.78 is 6.58. The van der Waals surface area contributed by atoms with E-state index in [1.54, 1.807) is 0 Å². The quantitative estimate of drug-likeness (QED) is 0.916. The number of hydrogen-bond donors (Lipinski definition) is 1. The Morgan fingerprint density at radius 2 is 2.00 bits per heavy atom. The van der Waals surface area contributed by atoms with Crippen molar-refractivity contribution in [3.05, 3.63) is 28.5 Å². The minimum atomic E-state index is 0.439. The first-order valence-electron chi connectivity index (χ1n) is 7.48. The van der Waals surface area contributed by atoms with Gasteiger partial charge in [-0.2, -0.15) is 0 Å². The number of rotatable bonds is 3. The second-order valence-electron chi connectivity index (χ2n) is 5.58. The van der Waals surface area contributed by atoms with Crippen molar-refractivity contribution in [3.63, 3.8) is 0 Å².